The number of nitrogens with zero attached hydrogens (tertiary/aromatic N) is 1. The second kappa shape index (κ2) is 5.25. The van der Waals surface area contributed by atoms with Crippen molar-refractivity contribution in [1.82, 2.24) is 4.98 Å². The highest BCUT2D eigenvalue weighted by molar-refractivity contribution is 9.10. The van der Waals surface area contributed by atoms with Crippen LogP contribution < -0.4 is 5.32 Å². The van der Waals surface area contributed by atoms with Gasteiger partial charge in [-0.15, -0.1) is 0 Å². The molecule has 0 saturated carbocycles. The molecule has 0 spiro atoms. The van der Waals surface area contributed by atoms with E-state index in [0.29, 0.717) is 0 Å². The van der Waals surface area contributed by atoms with Crippen LogP contribution in [0.4, 0.5) is 11.4 Å². The van der Waals surface area contributed by atoms with Gasteiger partial charge in [0.05, 0.1) is 5.52 Å². The van der Waals surface area contributed by atoms with E-state index in [1.807, 2.05) is 24.4 Å². The van der Waals surface area contributed by atoms with Gasteiger partial charge in [-0.05, 0) is 55.3 Å². The maximum atomic E-state index is 4.41. The SMILES string of the molecule is Cc1cccc(Nc2ccnc3cc(Br)ccc23)c1C. The van der Waals surface area contributed by atoms with Crippen LogP contribution in [-0.2, 0) is 0 Å². The van der Waals surface area contributed by atoms with Gasteiger partial charge in [-0.1, -0.05) is 28.1 Å². The molecule has 0 bridgehead atoms. The normalized spacial score (nSPS) is 10.8. The number of aryl methyl sites for hydroxylation is 1. The summed E-state index contributed by atoms with van der Waals surface area (Å²) in [5, 5.41) is 4.64. The van der Waals surface area contributed by atoms with Crippen LogP contribution >= 0.6 is 15.9 Å². The lowest BCUT2D eigenvalue weighted by Crippen LogP contribution is -1.96. The molecule has 0 amide bonds. The van der Waals surface area contributed by atoms with E-state index < -0.39 is 0 Å². The van der Waals surface area contributed by atoms with Gasteiger partial charge in [0, 0.05) is 27.4 Å². The Bertz CT molecular complexity index is 781. The van der Waals surface area contributed by atoms with E-state index in [1.54, 1.807) is 0 Å². The summed E-state index contributed by atoms with van der Waals surface area (Å²) >= 11 is 3.48. The number of hydrogen-bond acceptors (Lipinski definition) is 2. The molecule has 0 atom stereocenters. The van der Waals surface area contributed by atoms with Crippen molar-refractivity contribution in [2.45, 2.75) is 13.8 Å². The van der Waals surface area contributed by atoms with Crippen LogP contribution in [0.3, 0.4) is 0 Å². The molecule has 20 heavy (non-hydrogen) atoms. The van der Waals surface area contributed by atoms with E-state index in [4.69, 9.17) is 0 Å². The van der Waals surface area contributed by atoms with Crippen LogP contribution in [0, 0.1) is 13.8 Å². The maximum Gasteiger partial charge on any atom is 0.0734 e. The number of halogens is 1. The number of rotatable bonds is 2. The van der Waals surface area contributed by atoms with Gasteiger partial charge in [0.25, 0.3) is 0 Å². The van der Waals surface area contributed by atoms with E-state index in [2.05, 4.69) is 64.3 Å². The molecule has 0 aliphatic rings. The molecule has 1 aromatic heterocycles. The third kappa shape index (κ3) is 2.41. The summed E-state index contributed by atoms with van der Waals surface area (Å²) in [6, 6.07) is 14.5. The topological polar surface area (TPSA) is 24.9 Å². The molecule has 1 N–H and O–H groups in total. The Kier molecular flexibility index (Phi) is 3.45. The van der Waals surface area contributed by atoms with Gasteiger partial charge in [0.15, 0.2) is 0 Å². The van der Waals surface area contributed by atoms with Crippen molar-refractivity contribution in [3.05, 3.63) is 64.3 Å². The maximum absolute atomic E-state index is 4.41. The summed E-state index contributed by atoms with van der Waals surface area (Å²) in [5.74, 6) is 0. The Labute approximate surface area is 127 Å². The van der Waals surface area contributed by atoms with Gasteiger partial charge in [-0.2, -0.15) is 0 Å². The number of aromatic nitrogens is 1. The molecule has 100 valence electrons. The van der Waals surface area contributed by atoms with Gasteiger partial charge in [0.2, 0.25) is 0 Å². The van der Waals surface area contributed by atoms with Crippen molar-refractivity contribution in [1.29, 1.82) is 0 Å². The van der Waals surface area contributed by atoms with Crippen LogP contribution in [0.25, 0.3) is 10.9 Å². The molecule has 3 heteroatoms. The quantitative estimate of drug-likeness (QED) is 0.685. The van der Waals surface area contributed by atoms with Crippen LogP contribution in [0.15, 0.2) is 53.1 Å². The van der Waals surface area contributed by atoms with Gasteiger partial charge in [0.1, 0.15) is 0 Å². The summed E-state index contributed by atoms with van der Waals surface area (Å²) in [7, 11) is 0. The fraction of sp³-hybridized carbons (Fsp3) is 0.118. The monoisotopic (exact) mass is 326 g/mol. The lowest BCUT2D eigenvalue weighted by atomic mass is 10.1. The van der Waals surface area contributed by atoms with Gasteiger partial charge < -0.3 is 5.32 Å². The number of hydrogen-bond donors (Lipinski definition) is 1. The fourth-order valence-corrected chi connectivity index (χ4v) is 2.61. The Morgan fingerprint density at radius 3 is 2.70 bits per heavy atom. The molecule has 0 saturated heterocycles. The first-order valence-corrected chi connectivity index (χ1v) is 7.32. The first kappa shape index (κ1) is 13.1. The lowest BCUT2D eigenvalue weighted by molar-refractivity contribution is 1.33. The highest BCUT2D eigenvalue weighted by Crippen LogP contribution is 2.29. The molecule has 0 aliphatic carbocycles. The molecule has 3 rings (SSSR count). The van der Waals surface area contributed by atoms with Crippen molar-refractivity contribution in [2.24, 2.45) is 0 Å². The Morgan fingerprint density at radius 1 is 1.00 bits per heavy atom. The lowest BCUT2D eigenvalue weighted by Gasteiger charge is -2.13. The molecule has 3 aromatic rings. The Morgan fingerprint density at radius 2 is 1.85 bits per heavy atom. The molecule has 0 fully saturated rings. The first-order valence-electron chi connectivity index (χ1n) is 6.52. The zero-order valence-corrected chi connectivity index (χ0v) is 13.0. The Hall–Kier alpha value is -1.87. The van der Waals surface area contributed by atoms with Crippen LogP contribution in [0.2, 0.25) is 0 Å². The second-order valence-corrected chi connectivity index (χ2v) is 5.81. The minimum absolute atomic E-state index is 0.981. The second-order valence-electron chi connectivity index (χ2n) is 4.89. The molecule has 0 radical (unpaired) electrons. The standard InChI is InChI=1S/C17H15BrN2/c1-11-4-3-5-15(12(11)2)20-16-8-9-19-17-10-13(18)6-7-14(16)17/h3-10H,1-2H3,(H,19,20). The van der Waals surface area contributed by atoms with E-state index in [-0.39, 0.29) is 0 Å². The van der Waals surface area contributed by atoms with Crippen molar-refractivity contribution in [2.75, 3.05) is 5.32 Å². The average Bonchev–Trinajstić information content (AvgIpc) is 2.44. The summed E-state index contributed by atoms with van der Waals surface area (Å²) in [6.45, 7) is 4.26. The molecule has 1 heterocycles. The smallest absolute Gasteiger partial charge is 0.0734 e. The minimum Gasteiger partial charge on any atom is -0.355 e. The van der Waals surface area contributed by atoms with Crippen LogP contribution in [0.1, 0.15) is 11.1 Å². The third-order valence-corrected chi connectivity index (χ3v) is 4.07. The molecule has 2 nitrogen and oxygen atoms in total. The van der Waals surface area contributed by atoms with Crippen molar-refractivity contribution >= 4 is 38.2 Å². The number of benzene rings is 2. The molecular formula is C17H15BrN2. The van der Waals surface area contributed by atoms with E-state index in [0.717, 1.165) is 26.8 Å². The minimum atomic E-state index is 0.981. The summed E-state index contributed by atoms with van der Waals surface area (Å²) in [5.41, 5.74) is 5.76. The number of pyridine rings is 1. The number of fused-ring (bicyclic) bond motifs is 1. The summed E-state index contributed by atoms with van der Waals surface area (Å²) < 4.78 is 1.04. The molecule has 0 unspecified atom stereocenters. The highest BCUT2D eigenvalue weighted by atomic mass is 79.9. The summed E-state index contributed by atoms with van der Waals surface area (Å²) in [6.07, 6.45) is 1.84. The van der Waals surface area contributed by atoms with Crippen molar-refractivity contribution in [3.63, 3.8) is 0 Å². The van der Waals surface area contributed by atoms with E-state index in [1.165, 1.54) is 11.1 Å². The number of nitrogens with one attached hydrogen (secondary N) is 1. The van der Waals surface area contributed by atoms with Crippen LogP contribution in [0.5, 0.6) is 0 Å². The van der Waals surface area contributed by atoms with Crippen LogP contribution in [-0.4, -0.2) is 4.98 Å². The van der Waals surface area contributed by atoms with Gasteiger partial charge in [-0.3, -0.25) is 4.98 Å². The molecular weight excluding hydrogens is 312 g/mol. The number of anilines is 2. The van der Waals surface area contributed by atoms with Gasteiger partial charge in [-0.25, -0.2) is 0 Å². The third-order valence-electron chi connectivity index (χ3n) is 3.58. The molecule has 2 aromatic carbocycles. The predicted octanol–water partition coefficient (Wildman–Crippen LogP) is 5.36. The van der Waals surface area contributed by atoms with Crippen molar-refractivity contribution < 1.29 is 0 Å². The van der Waals surface area contributed by atoms with Crippen molar-refractivity contribution in [3.8, 4) is 0 Å². The first-order chi connectivity index (χ1) is 9.65. The largest absolute Gasteiger partial charge is 0.355 e. The average molecular weight is 327 g/mol. The fourth-order valence-electron chi connectivity index (χ4n) is 2.26. The van der Waals surface area contributed by atoms with Gasteiger partial charge >= 0.3 is 0 Å². The zero-order chi connectivity index (χ0) is 14.1. The summed E-state index contributed by atoms with van der Waals surface area (Å²) in [4.78, 5) is 4.41. The predicted molar refractivity (Wildman–Crippen MR) is 88.6 cm³/mol. The Balaban J connectivity index is 2.09. The highest BCUT2D eigenvalue weighted by Gasteiger charge is 2.05. The molecule has 0 aliphatic heterocycles. The van der Waals surface area contributed by atoms with E-state index >= 15 is 0 Å². The zero-order valence-electron chi connectivity index (χ0n) is 11.4. The van der Waals surface area contributed by atoms with E-state index in [9.17, 15) is 0 Å².